The number of anilines is 6. The molecule has 0 fully saturated rings. The third-order valence-corrected chi connectivity index (χ3v) is 12.1. The average Bonchev–Trinajstić information content (AvgIpc) is 3.26. The zero-order valence-corrected chi connectivity index (χ0v) is 41.2. The first-order chi connectivity index (χ1) is 30.8. The van der Waals surface area contributed by atoms with Crippen molar-refractivity contribution >= 4 is 34.6 Å². The van der Waals surface area contributed by atoms with Gasteiger partial charge < -0.3 is 25.0 Å². The summed E-state index contributed by atoms with van der Waals surface area (Å²) in [6.45, 7) is 26.6. The Bertz CT molecular complexity index is 2240. The third-order valence-electron chi connectivity index (χ3n) is 12.1. The van der Waals surface area contributed by atoms with E-state index in [4.69, 9.17) is 19.7 Å². The minimum absolute atomic E-state index is 0.0540. The van der Waals surface area contributed by atoms with Crippen LogP contribution < -0.4 is 19.9 Å². The smallest absolute Gasteiger partial charge is 0.323 e. The molecular formula is C57H74N6O2. The van der Waals surface area contributed by atoms with Gasteiger partial charge in [-0.1, -0.05) is 130 Å². The highest BCUT2D eigenvalue weighted by Gasteiger charge is 2.29. The van der Waals surface area contributed by atoms with Gasteiger partial charge in [0.2, 0.25) is 11.9 Å². The zero-order valence-electron chi connectivity index (χ0n) is 41.2. The number of nitrogens with one attached hydrogen (secondary N) is 1. The highest BCUT2D eigenvalue weighted by atomic mass is 16.5. The molecule has 1 aromatic heterocycles. The summed E-state index contributed by atoms with van der Waals surface area (Å²) in [7, 11) is 0. The van der Waals surface area contributed by atoms with Crippen LogP contribution in [0, 0.1) is 11.8 Å². The van der Waals surface area contributed by atoms with Crippen LogP contribution in [-0.4, -0.2) is 32.1 Å². The molecule has 0 spiro atoms. The Morgan fingerprint density at radius 3 is 1.42 bits per heavy atom. The van der Waals surface area contributed by atoms with Crippen molar-refractivity contribution in [3.63, 3.8) is 0 Å². The van der Waals surface area contributed by atoms with E-state index in [9.17, 15) is 5.11 Å². The zero-order chi connectivity index (χ0) is 46.9. The normalized spacial score (nSPS) is 12.9. The molecule has 65 heavy (non-hydrogen) atoms. The molecule has 2 unspecified atom stereocenters. The lowest BCUT2D eigenvalue weighted by molar-refractivity contribution is 0.279. The van der Waals surface area contributed by atoms with Crippen LogP contribution >= 0.6 is 0 Å². The van der Waals surface area contributed by atoms with E-state index in [1.54, 1.807) is 0 Å². The molecule has 0 aliphatic rings. The summed E-state index contributed by atoms with van der Waals surface area (Å²) in [5.41, 5.74) is 8.69. The Morgan fingerprint density at radius 1 is 0.523 bits per heavy atom. The second-order valence-electron chi connectivity index (χ2n) is 20.8. The number of aromatic hydroxyl groups is 1. The van der Waals surface area contributed by atoms with Crippen molar-refractivity contribution in [3.05, 3.63) is 149 Å². The molecule has 1 heterocycles. The van der Waals surface area contributed by atoms with E-state index >= 15 is 0 Å². The summed E-state index contributed by atoms with van der Waals surface area (Å²) < 4.78 is 6.74. The van der Waals surface area contributed by atoms with Crippen LogP contribution in [0.5, 0.6) is 11.8 Å². The van der Waals surface area contributed by atoms with Crippen molar-refractivity contribution in [3.8, 4) is 11.8 Å². The highest BCUT2D eigenvalue weighted by molar-refractivity contribution is 5.67. The SMILES string of the molecule is CC(C)CCC(C)N(c1ccc(Cc2ccccc2)cc1)c1nc(OCc2cc(C(C)(C)C)c(O)c(C(C)(C)C)c2)nc(N(c2ccc(Nc3ccccc3)cc2)C(C)CCC(C)C)n1. The molecule has 0 amide bonds. The number of rotatable bonds is 19. The molecule has 0 saturated carbocycles. The molecule has 0 saturated heterocycles. The lowest BCUT2D eigenvalue weighted by Gasteiger charge is -2.33. The van der Waals surface area contributed by atoms with Crippen LogP contribution in [0.3, 0.4) is 0 Å². The Balaban J connectivity index is 1.49. The van der Waals surface area contributed by atoms with Gasteiger partial charge in [0, 0.05) is 34.8 Å². The van der Waals surface area contributed by atoms with Gasteiger partial charge in [0.15, 0.2) is 0 Å². The second kappa shape index (κ2) is 21.4. The van der Waals surface area contributed by atoms with Crippen molar-refractivity contribution in [2.24, 2.45) is 11.8 Å². The summed E-state index contributed by atoms with van der Waals surface area (Å²) in [6.07, 6.45) is 4.85. The van der Waals surface area contributed by atoms with Crippen LogP contribution in [-0.2, 0) is 23.9 Å². The van der Waals surface area contributed by atoms with E-state index in [-0.39, 0.29) is 35.5 Å². The molecule has 0 aliphatic heterocycles. The fraction of sp³-hybridized carbons (Fsp3) is 0.421. The van der Waals surface area contributed by atoms with E-state index < -0.39 is 0 Å². The summed E-state index contributed by atoms with van der Waals surface area (Å²) in [5.74, 6) is 2.49. The van der Waals surface area contributed by atoms with Gasteiger partial charge >= 0.3 is 6.01 Å². The first-order valence-corrected chi connectivity index (χ1v) is 23.7. The third kappa shape index (κ3) is 13.3. The lowest BCUT2D eigenvalue weighted by Crippen LogP contribution is -2.33. The Labute approximate surface area is 390 Å². The number of nitrogens with zero attached hydrogens (tertiary/aromatic N) is 5. The van der Waals surface area contributed by atoms with Gasteiger partial charge in [0.05, 0.1) is 0 Å². The van der Waals surface area contributed by atoms with Crippen molar-refractivity contribution in [2.75, 3.05) is 15.1 Å². The van der Waals surface area contributed by atoms with E-state index in [1.165, 1.54) is 11.1 Å². The predicted molar refractivity (Wildman–Crippen MR) is 273 cm³/mol. The maximum Gasteiger partial charge on any atom is 0.323 e. The standard InChI is InChI=1S/C57H74N6O2/c1-39(2)23-25-41(5)62(48-31-27-44(28-32-48)35-43-19-15-13-16-20-43)53-59-54(61-55(60-53)65-38-45-36-50(56(7,8)9)52(64)51(37-45)57(10,11)12)63(42(6)26-24-40(3)4)49-33-29-47(30-34-49)58-46-21-17-14-18-22-46/h13-22,27-34,36-37,39-42,58,64H,23-26,35,38H2,1-12H3. The Morgan fingerprint density at radius 2 is 0.954 bits per heavy atom. The lowest BCUT2D eigenvalue weighted by atomic mass is 9.78. The molecule has 0 aliphatic carbocycles. The maximum absolute atomic E-state index is 11.5. The fourth-order valence-electron chi connectivity index (χ4n) is 8.23. The van der Waals surface area contributed by atoms with E-state index in [0.717, 1.165) is 71.5 Å². The fourth-order valence-corrected chi connectivity index (χ4v) is 8.23. The van der Waals surface area contributed by atoms with Gasteiger partial charge in [-0.15, -0.1) is 0 Å². The molecule has 5 aromatic carbocycles. The second-order valence-corrected chi connectivity index (χ2v) is 20.8. The molecule has 2 atom stereocenters. The maximum atomic E-state index is 11.5. The average molecular weight is 875 g/mol. The Kier molecular flexibility index (Phi) is 16.0. The number of hydrogen-bond donors (Lipinski definition) is 2. The van der Waals surface area contributed by atoms with Gasteiger partial charge in [0.25, 0.3) is 0 Å². The van der Waals surface area contributed by atoms with E-state index in [0.29, 0.717) is 29.5 Å². The minimum atomic E-state index is -0.282. The van der Waals surface area contributed by atoms with Crippen LogP contribution in [0.25, 0.3) is 0 Å². The molecule has 8 heteroatoms. The summed E-state index contributed by atoms with van der Waals surface area (Å²) in [5, 5.41) is 15.1. The number of phenolic OH excluding ortho intramolecular Hbond substituents is 1. The van der Waals surface area contributed by atoms with Crippen molar-refractivity contribution in [2.45, 2.75) is 145 Å². The van der Waals surface area contributed by atoms with E-state index in [2.05, 4.69) is 201 Å². The van der Waals surface area contributed by atoms with Crippen LogP contribution in [0.2, 0.25) is 0 Å². The largest absolute Gasteiger partial charge is 0.507 e. The highest BCUT2D eigenvalue weighted by Crippen LogP contribution is 2.41. The summed E-state index contributed by atoms with van der Waals surface area (Å²) in [6, 6.07) is 42.7. The summed E-state index contributed by atoms with van der Waals surface area (Å²) >= 11 is 0. The Hall–Kier alpha value is -5.89. The van der Waals surface area contributed by atoms with Crippen LogP contribution in [0.15, 0.2) is 121 Å². The molecule has 0 bridgehead atoms. The topological polar surface area (TPSA) is 86.6 Å². The van der Waals surface area contributed by atoms with Gasteiger partial charge in [-0.25, -0.2) is 0 Å². The van der Waals surface area contributed by atoms with Crippen molar-refractivity contribution in [1.82, 2.24) is 15.0 Å². The van der Waals surface area contributed by atoms with Gasteiger partial charge in [-0.3, -0.25) is 0 Å². The number of phenols is 1. The molecule has 0 radical (unpaired) electrons. The predicted octanol–water partition coefficient (Wildman–Crippen LogP) is 15.0. The van der Waals surface area contributed by atoms with E-state index in [1.807, 2.05) is 18.2 Å². The van der Waals surface area contributed by atoms with Crippen LogP contribution in [0.1, 0.15) is 137 Å². The molecule has 6 rings (SSSR count). The number of hydrogen-bond acceptors (Lipinski definition) is 8. The first-order valence-electron chi connectivity index (χ1n) is 23.7. The van der Waals surface area contributed by atoms with Gasteiger partial charge in [-0.05, 0) is 157 Å². The summed E-state index contributed by atoms with van der Waals surface area (Å²) in [4.78, 5) is 20.3. The van der Waals surface area contributed by atoms with Crippen molar-refractivity contribution < 1.29 is 9.84 Å². The number of aromatic nitrogens is 3. The molecule has 344 valence electrons. The van der Waals surface area contributed by atoms with Gasteiger partial charge in [-0.2, -0.15) is 15.0 Å². The number of para-hydroxylation sites is 1. The molecule has 8 nitrogen and oxygen atoms in total. The first kappa shape index (κ1) is 48.6. The quantitative estimate of drug-likeness (QED) is 0.0832. The molecule has 2 N–H and O–H groups in total. The number of benzene rings is 5. The van der Waals surface area contributed by atoms with Crippen molar-refractivity contribution in [1.29, 1.82) is 0 Å². The molecular weight excluding hydrogens is 801 g/mol. The number of ether oxygens (including phenoxy) is 1. The monoisotopic (exact) mass is 875 g/mol. The minimum Gasteiger partial charge on any atom is -0.507 e. The molecule has 6 aromatic rings. The van der Waals surface area contributed by atoms with Gasteiger partial charge in [0.1, 0.15) is 12.4 Å². The van der Waals surface area contributed by atoms with Crippen LogP contribution in [0.4, 0.5) is 34.6 Å².